The molecular formula is C44H28N2. The van der Waals surface area contributed by atoms with Gasteiger partial charge < -0.3 is 9.13 Å². The van der Waals surface area contributed by atoms with Crippen molar-refractivity contribution >= 4 is 65.2 Å². The molecule has 2 heterocycles. The Morgan fingerprint density at radius 2 is 0.870 bits per heavy atom. The monoisotopic (exact) mass is 584 g/mol. The van der Waals surface area contributed by atoms with Crippen molar-refractivity contribution in [2.75, 3.05) is 0 Å². The lowest BCUT2D eigenvalue weighted by Gasteiger charge is -2.15. The van der Waals surface area contributed by atoms with Gasteiger partial charge in [-0.25, -0.2) is 0 Å². The SMILES string of the molecule is c1ccc(-c2cc(-n3c4ccccc4c4c5c6ccccc6n(-c6ccc7ccccc7c6)c5ccc43)c3ccccc3c2)cc1. The van der Waals surface area contributed by atoms with Crippen LogP contribution in [-0.4, -0.2) is 9.13 Å². The number of hydrogen-bond donors (Lipinski definition) is 0. The van der Waals surface area contributed by atoms with E-state index in [1.54, 1.807) is 0 Å². The van der Waals surface area contributed by atoms with Gasteiger partial charge in [0, 0.05) is 32.6 Å². The Balaban J connectivity index is 1.35. The van der Waals surface area contributed by atoms with Gasteiger partial charge in [0.15, 0.2) is 0 Å². The second kappa shape index (κ2) is 9.69. The molecule has 0 spiro atoms. The molecule has 10 rings (SSSR count). The highest BCUT2D eigenvalue weighted by molar-refractivity contribution is 6.29. The van der Waals surface area contributed by atoms with Crippen molar-refractivity contribution in [3.05, 3.63) is 170 Å². The zero-order valence-electron chi connectivity index (χ0n) is 25.1. The Morgan fingerprint density at radius 1 is 0.304 bits per heavy atom. The summed E-state index contributed by atoms with van der Waals surface area (Å²) in [5.74, 6) is 0. The van der Waals surface area contributed by atoms with E-state index in [1.807, 2.05) is 0 Å². The van der Waals surface area contributed by atoms with E-state index >= 15 is 0 Å². The van der Waals surface area contributed by atoms with Crippen LogP contribution in [0.25, 0.3) is 87.7 Å². The molecule has 2 aromatic heterocycles. The van der Waals surface area contributed by atoms with Crippen LogP contribution in [-0.2, 0) is 0 Å². The number of fused-ring (bicyclic) bond motifs is 9. The van der Waals surface area contributed by atoms with Crippen LogP contribution in [0.15, 0.2) is 170 Å². The first-order valence-corrected chi connectivity index (χ1v) is 15.9. The third-order valence-electron chi connectivity index (χ3n) is 9.65. The molecule has 0 amide bonds. The van der Waals surface area contributed by atoms with E-state index in [1.165, 1.54) is 87.7 Å². The van der Waals surface area contributed by atoms with E-state index < -0.39 is 0 Å². The summed E-state index contributed by atoms with van der Waals surface area (Å²) in [6, 6.07) is 62.0. The van der Waals surface area contributed by atoms with Crippen LogP contribution in [0.1, 0.15) is 0 Å². The first kappa shape index (κ1) is 25.2. The Morgan fingerprint density at radius 3 is 1.61 bits per heavy atom. The first-order chi connectivity index (χ1) is 22.8. The van der Waals surface area contributed by atoms with Gasteiger partial charge in [-0.3, -0.25) is 0 Å². The molecular weight excluding hydrogens is 556 g/mol. The minimum absolute atomic E-state index is 1.18. The van der Waals surface area contributed by atoms with Crippen LogP contribution in [0.2, 0.25) is 0 Å². The highest BCUT2D eigenvalue weighted by atomic mass is 15.0. The Bertz CT molecular complexity index is 2800. The normalized spacial score (nSPS) is 11.9. The maximum atomic E-state index is 2.49. The minimum atomic E-state index is 1.18. The molecule has 0 aliphatic carbocycles. The molecule has 46 heavy (non-hydrogen) atoms. The second-order valence-corrected chi connectivity index (χ2v) is 12.2. The third-order valence-corrected chi connectivity index (χ3v) is 9.65. The Kier molecular flexibility index (Phi) is 5.31. The number of benzene rings is 8. The lowest BCUT2D eigenvalue weighted by molar-refractivity contribution is 1.18. The molecule has 8 aromatic carbocycles. The smallest absolute Gasteiger partial charge is 0.0549 e. The summed E-state index contributed by atoms with van der Waals surface area (Å²) in [5, 5.41) is 10.1. The molecule has 2 nitrogen and oxygen atoms in total. The molecule has 0 fully saturated rings. The molecule has 0 aliphatic rings. The van der Waals surface area contributed by atoms with Gasteiger partial charge in [-0.2, -0.15) is 0 Å². The molecule has 0 radical (unpaired) electrons. The van der Waals surface area contributed by atoms with Crippen molar-refractivity contribution in [1.82, 2.24) is 9.13 Å². The van der Waals surface area contributed by atoms with Crippen molar-refractivity contribution in [2.24, 2.45) is 0 Å². The van der Waals surface area contributed by atoms with Gasteiger partial charge in [-0.05, 0) is 75.8 Å². The highest BCUT2D eigenvalue weighted by Crippen LogP contribution is 2.43. The average Bonchev–Trinajstić information content (AvgIpc) is 3.64. The number of para-hydroxylation sites is 2. The van der Waals surface area contributed by atoms with Gasteiger partial charge in [0.25, 0.3) is 0 Å². The first-order valence-electron chi connectivity index (χ1n) is 15.9. The van der Waals surface area contributed by atoms with Gasteiger partial charge in [0.1, 0.15) is 0 Å². The van der Waals surface area contributed by atoms with Crippen LogP contribution in [0, 0.1) is 0 Å². The van der Waals surface area contributed by atoms with Crippen molar-refractivity contribution in [1.29, 1.82) is 0 Å². The zero-order chi connectivity index (χ0) is 30.2. The van der Waals surface area contributed by atoms with E-state index in [9.17, 15) is 0 Å². The van der Waals surface area contributed by atoms with Crippen molar-refractivity contribution in [3.8, 4) is 22.5 Å². The molecule has 2 heteroatoms. The lowest BCUT2D eigenvalue weighted by atomic mass is 9.99. The van der Waals surface area contributed by atoms with Gasteiger partial charge >= 0.3 is 0 Å². The highest BCUT2D eigenvalue weighted by Gasteiger charge is 2.21. The molecule has 0 aliphatic heterocycles. The summed E-state index contributed by atoms with van der Waals surface area (Å²) in [7, 11) is 0. The summed E-state index contributed by atoms with van der Waals surface area (Å²) in [4.78, 5) is 0. The van der Waals surface area contributed by atoms with E-state index in [4.69, 9.17) is 0 Å². The van der Waals surface area contributed by atoms with Gasteiger partial charge in [0.05, 0.1) is 27.8 Å². The number of hydrogen-bond acceptors (Lipinski definition) is 0. The van der Waals surface area contributed by atoms with Crippen LogP contribution >= 0.6 is 0 Å². The number of nitrogens with zero attached hydrogens (tertiary/aromatic N) is 2. The van der Waals surface area contributed by atoms with Crippen LogP contribution in [0.3, 0.4) is 0 Å². The summed E-state index contributed by atoms with van der Waals surface area (Å²) in [5.41, 5.74) is 9.66. The van der Waals surface area contributed by atoms with E-state index in [2.05, 4.69) is 179 Å². The fourth-order valence-corrected chi connectivity index (χ4v) is 7.64. The lowest BCUT2D eigenvalue weighted by Crippen LogP contribution is -1.97. The topological polar surface area (TPSA) is 9.86 Å². The minimum Gasteiger partial charge on any atom is -0.309 e. The molecule has 10 aromatic rings. The van der Waals surface area contributed by atoms with Crippen molar-refractivity contribution < 1.29 is 0 Å². The third kappa shape index (κ3) is 3.59. The fraction of sp³-hybridized carbons (Fsp3) is 0. The Labute approximate surface area is 266 Å². The molecule has 0 saturated heterocycles. The quantitative estimate of drug-likeness (QED) is 0.195. The van der Waals surface area contributed by atoms with Gasteiger partial charge in [-0.1, -0.05) is 121 Å². The van der Waals surface area contributed by atoms with E-state index in [0.29, 0.717) is 0 Å². The standard InChI is InChI=1S/C44H28N2/c1-2-12-29(13-3-1)33-26-32-16-6-7-17-35(32)42(28-33)46-39-21-11-9-19-37(39)44-41(46)25-24-40-43(44)36-18-8-10-20-38(36)45(40)34-23-22-30-14-4-5-15-31(30)27-34/h1-28H. The maximum Gasteiger partial charge on any atom is 0.0549 e. The maximum absolute atomic E-state index is 2.49. The molecule has 0 bridgehead atoms. The van der Waals surface area contributed by atoms with Crippen LogP contribution in [0.5, 0.6) is 0 Å². The van der Waals surface area contributed by atoms with Crippen molar-refractivity contribution in [3.63, 3.8) is 0 Å². The van der Waals surface area contributed by atoms with Crippen LogP contribution in [0.4, 0.5) is 0 Å². The zero-order valence-corrected chi connectivity index (χ0v) is 25.1. The summed E-state index contributed by atoms with van der Waals surface area (Å²) in [6.07, 6.45) is 0. The number of rotatable bonds is 3. The summed E-state index contributed by atoms with van der Waals surface area (Å²) < 4.78 is 4.93. The van der Waals surface area contributed by atoms with Gasteiger partial charge in [-0.15, -0.1) is 0 Å². The van der Waals surface area contributed by atoms with E-state index in [-0.39, 0.29) is 0 Å². The predicted octanol–water partition coefficient (Wildman–Crippen LogP) is 11.9. The Hall–Kier alpha value is -6.12. The average molecular weight is 585 g/mol. The summed E-state index contributed by atoms with van der Waals surface area (Å²) in [6.45, 7) is 0. The summed E-state index contributed by atoms with van der Waals surface area (Å²) >= 11 is 0. The second-order valence-electron chi connectivity index (χ2n) is 12.2. The molecule has 0 N–H and O–H groups in total. The molecule has 0 atom stereocenters. The number of aromatic nitrogens is 2. The molecule has 0 saturated carbocycles. The fourth-order valence-electron chi connectivity index (χ4n) is 7.64. The predicted molar refractivity (Wildman–Crippen MR) is 196 cm³/mol. The van der Waals surface area contributed by atoms with Crippen molar-refractivity contribution in [2.45, 2.75) is 0 Å². The van der Waals surface area contributed by atoms with E-state index in [0.717, 1.165) is 0 Å². The van der Waals surface area contributed by atoms with Gasteiger partial charge in [0.2, 0.25) is 0 Å². The largest absolute Gasteiger partial charge is 0.309 e. The molecule has 214 valence electrons. The molecule has 0 unspecified atom stereocenters. The van der Waals surface area contributed by atoms with Crippen LogP contribution < -0.4 is 0 Å².